The predicted octanol–water partition coefficient (Wildman–Crippen LogP) is 2.41. The highest BCUT2D eigenvalue weighted by Gasteiger charge is 2.73. The largest absolute Gasteiger partial charge is 0.417 e. The number of azide groups is 1. The Hall–Kier alpha value is -0.940. The minimum Gasteiger partial charge on any atom is -0.365 e. The summed E-state index contributed by atoms with van der Waals surface area (Å²) in [4.78, 5) is 2.54. The van der Waals surface area contributed by atoms with Gasteiger partial charge >= 0.3 is 6.18 Å². The molecule has 0 spiro atoms. The lowest BCUT2D eigenvalue weighted by molar-refractivity contribution is -0.276. The molecule has 1 aliphatic carbocycles. The smallest absolute Gasteiger partial charge is 0.365 e. The van der Waals surface area contributed by atoms with Crippen LogP contribution in [0.5, 0.6) is 0 Å². The first-order valence-electron chi connectivity index (χ1n) is 4.15. The summed E-state index contributed by atoms with van der Waals surface area (Å²) in [5, 5.41) is 3.31. The van der Waals surface area contributed by atoms with E-state index < -0.39 is 17.2 Å². The van der Waals surface area contributed by atoms with Gasteiger partial charge in [-0.2, -0.15) is 13.2 Å². The van der Waals surface area contributed by atoms with Gasteiger partial charge in [-0.25, -0.2) is 0 Å². The maximum atomic E-state index is 12.4. The predicted molar refractivity (Wildman–Crippen MR) is 40.4 cm³/mol. The van der Waals surface area contributed by atoms with E-state index in [9.17, 15) is 13.2 Å². The standard InChI is InChI=1S/C7H8F3N3O/c8-7(9,10)6-1-5(2-6,4-14-6)3-12-13-11/h1-4H2. The van der Waals surface area contributed by atoms with Crippen molar-refractivity contribution in [3.8, 4) is 0 Å². The van der Waals surface area contributed by atoms with Crippen molar-refractivity contribution in [2.24, 2.45) is 10.5 Å². The lowest BCUT2D eigenvalue weighted by atomic mass is 9.62. The van der Waals surface area contributed by atoms with Gasteiger partial charge in [-0.15, -0.1) is 0 Å². The first-order chi connectivity index (χ1) is 6.43. The summed E-state index contributed by atoms with van der Waals surface area (Å²) in [5.74, 6) is 0. The van der Waals surface area contributed by atoms with Gasteiger partial charge in [0.1, 0.15) is 0 Å². The molecule has 3 fully saturated rings. The third-order valence-electron chi connectivity index (χ3n) is 2.96. The van der Waals surface area contributed by atoms with Crippen molar-refractivity contribution in [3.05, 3.63) is 10.4 Å². The highest BCUT2D eigenvalue weighted by atomic mass is 19.4. The van der Waals surface area contributed by atoms with Crippen molar-refractivity contribution in [2.75, 3.05) is 13.2 Å². The van der Waals surface area contributed by atoms with E-state index in [1.165, 1.54) is 0 Å². The van der Waals surface area contributed by atoms with Crippen molar-refractivity contribution in [2.45, 2.75) is 24.6 Å². The van der Waals surface area contributed by atoms with Gasteiger partial charge < -0.3 is 4.74 Å². The number of ether oxygens (including phenoxy) is 1. The van der Waals surface area contributed by atoms with Gasteiger partial charge in [0.05, 0.1) is 6.61 Å². The fourth-order valence-corrected chi connectivity index (χ4v) is 2.28. The summed E-state index contributed by atoms with van der Waals surface area (Å²) in [6, 6.07) is 0. The van der Waals surface area contributed by atoms with Gasteiger partial charge in [0.2, 0.25) is 0 Å². The lowest BCUT2D eigenvalue weighted by Crippen LogP contribution is -2.55. The Morgan fingerprint density at radius 1 is 1.43 bits per heavy atom. The van der Waals surface area contributed by atoms with Crippen LogP contribution in [0.2, 0.25) is 0 Å². The second-order valence-electron chi connectivity index (χ2n) is 4.02. The van der Waals surface area contributed by atoms with Crippen molar-refractivity contribution >= 4 is 0 Å². The first kappa shape index (κ1) is 9.61. The van der Waals surface area contributed by atoms with Gasteiger partial charge in [0, 0.05) is 16.9 Å². The molecule has 0 aromatic heterocycles. The summed E-state index contributed by atoms with van der Waals surface area (Å²) in [6.07, 6.45) is -4.44. The molecule has 0 aromatic rings. The fourth-order valence-electron chi connectivity index (χ4n) is 2.28. The minimum absolute atomic E-state index is 0.0472. The zero-order valence-electron chi connectivity index (χ0n) is 7.21. The van der Waals surface area contributed by atoms with Crippen LogP contribution in [0.1, 0.15) is 12.8 Å². The summed E-state index contributed by atoms with van der Waals surface area (Å²) >= 11 is 0. The fraction of sp³-hybridized carbons (Fsp3) is 1.00. The van der Waals surface area contributed by atoms with Crippen LogP contribution in [0.15, 0.2) is 5.11 Å². The minimum atomic E-state index is -4.30. The Morgan fingerprint density at radius 3 is 2.50 bits per heavy atom. The molecule has 1 saturated carbocycles. The van der Waals surface area contributed by atoms with E-state index >= 15 is 0 Å². The molecule has 0 N–H and O–H groups in total. The average Bonchev–Trinajstić information content (AvgIpc) is 2.53. The van der Waals surface area contributed by atoms with Crippen LogP contribution in [0, 0.1) is 5.41 Å². The normalized spacial score (nSPS) is 40.2. The number of alkyl halides is 3. The SMILES string of the molecule is [N-]=[N+]=NCC12COC(C(F)(F)F)(C1)C2. The van der Waals surface area contributed by atoms with E-state index in [0.717, 1.165) is 0 Å². The zero-order chi connectivity index (χ0) is 10.4. The van der Waals surface area contributed by atoms with Crippen LogP contribution in [-0.2, 0) is 4.74 Å². The summed E-state index contributed by atoms with van der Waals surface area (Å²) < 4.78 is 42.1. The van der Waals surface area contributed by atoms with Gasteiger partial charge in [0.25, 0.3) is 0 Å². The molecule has 3 rings (SSSR count). The average molecular weight is 207 g/mol. The number of halogens is 3. The van der Waals surface area contributed by atoms with Gasteiger partial charge in [-0.3, -0.25) is 0 Å². The van der Waals surface area contributed by atoms with Crippen LogP contribution in [0.3, 0.4) is 0 Å². The summed E-state index contributed by atoms with van der Waals surface area (Å²) in [5.41, 5.74) is 5.58. The topological polar surface area (TPSA) is 58.0 Å². The third kappa shape index (κ3) is 1.09. The Labute approximate surface area is 77.7 Å². The Bertz CT molecular complexity index is 302. The van der Waals surface area contributed by atoms with Crippen molar-refractivity contribution < 1.29 is 17.9 Å². The molecule has 0 radical (unpaired) electrons. The van der Waals surface area contributed by atoms with Crippen LogP contribution in [-0.4, -0.2) is 24.9 Å². The Balaban J connectivity index is 2.07. The highest BCUT2D eigenvalue weighted by molar-refractivity contribution is 5.15. The summed E-state index contributed by atoms with van der Waals surface area (Å²) in [7, 11) is 0. The molecule has 78 valence electrons. The number of nitrogens with zero attached hydrogens (tertiary/aromatic N) is 3. The van der Waals surface area contributed by atoms with E-state index in [2.05, 4.69) is 10.0 Å². The lowest BCUT2D eigenvalue weighted by Gasteiger charge is -2.44. The molecule has 2 heterocycles. The van der Waals surface area contributed by atoms with E-state index in [4.69, 9.17) is 10.3 Å². The number of rotatable bonds is 2. The van der Waals surface area contributed by atoms with E-state index in [1.807, 2.05) is 0 Å². The molecule has 2 saturated heterocycles. The number of hydrogen-bond donors (Lipinski definition) is 0. The van der Waals surface area contributed by atoms with Crippen LogP contribution in [0.25, 0.3) is 10.4 Å². The molecule has 2 bridgehead atoms. The molecular weight excluding hydrogens is 199 g/mol. The van der Waals surface area contributed by atoms with Gasteiger partial charge in [0.15, 0.2) is 5.60 Å². The molecular formula is C7H8F3N3O. The summed E-state index contributed by atoms with van der Waals surface area (Å²) in [6.45, 7) is 0.146. The quantitative estimate of drug-likeness (QED) is 0.389. The number of hydrogen-bond acceptors (Lipinski definition) is 2. The molecule has 3 aliphatic rings. The van der Waals surface area contributed by atoms with Gasteiger partial charge in [-0.1, -0.05) is 5.11 Å². The molecule has 7 heteroatoms. The van der Waals surface area contributed by atoms with Gasteiger partial charge in [-0.05, 0) is 18.4 Å². The molecule has 0 amide bonds. The van der Waals surface area contributed by atoms with Crippen molar-refractivity contribution in [3.63, 3.8) is 0 Å². The second kappa shape index (κ2) is 2.55. The van der Waals surface area contributed by atoms with Crippen molar-refractivity contribution in [1.82, 2.24) is 0 Å². The second-order valence-corrected chi connectivity index (χ2v) is 4.02. The van der Waals surface area contributed by atoms with Crippen molar-refractivity contribution in [1.29, 1.82) is 0 Å². The molecule has 0 aromatic carbocycles. The molecule has 2 aliphatic heterocycles. The highest BCUT2D eigenvalue weighted by Crippen LogP contribution is 2.63. The Kier molecular flexibility index (Phi) is 1.75. The molecule has 4 nitrogen and oxygen atoms in total. The molecule has 14 heavy (non-hydrogen) atoms. The van der Waals surface area contributed by atoms with E-state index in [1.54, 1.807) is 0 Å². The Morgan fingerprint density at radius 2 is 2.07 bits per heavy atom. The van der Waals surface area contributed by atoms with Crippen LogP contribution < -0.4 is 0 Å². The van der Waals surface area contributed by atoms with E-state index in [0.29, 0.717) is 0 Å². The van der Waals surface area contributed by atoms with Crippen LogP contribution in [0.4, 0.5) is 13.2 Å². The zero-order valence-corrected chi connectivity index (χ0v) is 7.21. The maximum absolute atomic E-state index is 12.4. The first-order valence-corrected chi connectivity index (χ1v) is 4.15. The molecule has 0 unspecified atom stereocenters. The van der Waals surface area contributed by atoms with E-state index in [-0.39, 0.29) is 26.0 Å². The number of fused-ring (bicyclic) bond motifs is 1. The maximum Gasteiger partial charge on any atom is 0.417 e. The monoisotopic (exact) mass is 207 g/mol. The van der Waals surface area contributed by atoms with Crippen LogP contribution >= 0.6 is 0 Å². The third-order valence-corrected chi connectivity index (χ3v) is 2.96. The molecule has 0 atom stereocenters.